The van der Waals surface area contributed by atoms with E-state index in [4.69, 9.17) is 16.3 Å². The number of benzene rings is 2. The maximum absolute atomic E-state index is 12.2. The Labute approximate surface area is 173 Å². The van der Waals surface area contributed by atoms with Crippen molar-refractivity contribution in [3.05, 3.63) is 59.1 Å². The zero-order valence-corrected chi connectivity index (χ0v) is 16.6. The first kappa shape index (κ1) is 19.5. The smallest absolute Gasteiger partial charge is 0.248 e. The molecular weight excluding hydrogens is 392 g/mol. The molecule has 29 heavy (non-hydrogen) atoms. The first-order valence-electron chi connectivity index (χ1n) is 9.49. The van der Waals surface area contributed by atoms with Crippen LogP contribution in [0.25, 0.3) is 11.4 Å². The molecule has 2 heterocycles. The fraction of sp³-hybridized carbons (Fsp3) is 0.300. The molecule has 1 saturated heterocycles. The van der Waals surface area contributed by atoms with Gasteiger partial charge in [-0.3, -0.25) is 4.79 Å². The molecule has 150 valence electrons. The van der Waals surface area contributed by atoms with Crippen LogP contribution in [0.4, 0.5) is 5.69 Å². The predicted octanol–water partition coefficient (Wildman–Crippen LogP) is 1.05. The fourth-order valence-electron chi connectivity index (χ4n) is 3.22. The number of hydrogen-bond acceptors (Lipinski definition) is 5. The molecule has 3 aromatic rings. The Kier molecular flexibility index (Phi) is 6.14. The topological polar surface area (TPSA) is 86.4 Å². The molecule has 1 aromatic heterocycles. The highest BCUT2D eigenvalue weighted by Crippen LogP contribution is 2.16. The van der Waals surface area contributed by atoms with E-state index in [-0.39, 0.29) is 12.5 Å². The van der Waals surface area contributed by atoms with Gasteiger partial charge in [0.2, 0.25) is 11.7 Å². The van der Waals surface area contributed by atoms with E-state index in [1.54, 1.807) is 24.3 Å². The maximum Gasteiger partial charge on any atom is 0.248 e. The highest BCUT2D eigenvalue weighted by molar-refractivity contribution is 6.30. The molecule has 0 radical (unpaired) electrons. The molecule has 0 atom stereocenters. The maximum atomic E-state index is 12.2. The lowest BCUT2D eigenvalue weighted by molar-refractivity contribution is -0.921. The number of aromatic nitrogens is 4. The van der Waals surface area contributed by atoms with E-state index in [0.717, 1.165) is 38.4 Å². The summed E-state index contributed by atoms with van der Waals surface area (Å²) in [7, 11) is 0. The molecule has 4 rings (SSSR count). The van der Waals surface area contributed by atoms with Crippen LogP contribution in [-0.2, 0) is 22.6 Å². The molecular formula is C20H22ClN6O2+. The van der Waals surface area contributed by atoms with Crippen LogP contribution in [0.2, 0.25) is 5.02 Å². The van der Waals surface area contributed by atoms with E-state index < -0.39 is 0 Å². The summed E-state index contributed by atoms with van der Waals surface area (Å²) in [6.45, 7) is 4.67. The second-order valence-corrected chi connectivity index (χ2v) is 7.37. The SMILES string of the molecule is O=C(Cn1nnc(-c2ccc(C[NH+]3CCOCC3)cc2)n1)Nc1cccc(Cl)c1. The molecule has 1 aliphatic heterocycles. The van der Waals surface area contributed by atoms with Crippen molar-refractivity contribution in [1.82, 2.24) is 20.2 Å². The number of morpholine rings is 1. The number of amides is 1. The Morgan fingerprint density at radius 3 is 2.72 bits per heavy atom. The minimum Gasteiger partial charge on any atom is -0.370 e. The van der Waals surface area contributed by atoms with Gasteiger partial charge in [-0.1, -0.05) is 41.9 Å². The highest BCUT2D eigenvalue weighted by atomic mass is 35.5. The van der Waals surface area contributed by atoms with E-state index in [0.29, 0.717) is 16.5 Å². The van der Waals surface area contributed by atoms with Crippen LogP contribution < -0.4 is 10.2 Å². The lowest BCUT2D eigenvalue weighted by Crippen LogP contribution is -3.12. The first-order valence-corrected chi connectivity index (χ1v) is 9.87. The Bertz CT molecular complexity index is 969. The van der Waals surface area contributed by atoms with Gasteiger partial charge in [0.05, 0.1) is 13.2 Å². The van der Waals surface area contributed by atoms with E-state index in [9.17, 15) is 4.79 Å². The predicted molar refractivity (Wildman–Crippen MR) is 109 cm³/mol. The van der Waals surface area contributed by atoms with Gasteiger partial charge in [0.25, 0.3) is 0 Å². The second kappa shape index (κ2) is 9.13. The van der Waals surface area contributed by atoms with Crippen LogP contribution in [0.3, 0.4) is 0 Å². The number of ether oxygens (including phenoxy) is 1. The van der Waals surface area contributed by atoms with Crippen LogP contribution in [0, 0.1) is 0 Å². The third-order valence-corrected chi connectivity index (χ3v) is 4.95. The first-order chi connectivity index (χ1) is 14.2. The van der Waals surface area contributed by atoms with Crippen molar-refractivity contribution in [2.75, 3.05) is 31.6 Å². The van der Waals surface area contributed by atoms with E-state index in [1.165, 1.54) is 15.3 Å². The summed E-state index contributed by atoms with van der Waals surface area (Å²) in [5.74, 6) is 0.242. The molecule has 0 spiro atoms. The summed E-state index contributed by atoms with van der Waals surface area (Å²) in [5, 5.41) is 15.7. The van der Waals surface area contributed by atoms with Crippen molar-refractivity contribution in [3.63, 3.8) is 0 Å². The fourth-order valence-corrected chi connectivity index (χ4v) is 3.41. The van der Waals surface area contributed by atoms with Crippen molar-refractivity contribution in [2.45, 2.75) is 13.1 Å². The summed E-state index contributed by atoms with van der Waals surface area (Å²) >= 11 is 5.93. The molecule has 9 heteroatoms. The van der Waals surface area contributed by atoms with Crippen LogP contribution in [0.15, 0.2) is 48.5 Å². The summed E-state index contributed by atoms with van der Waals surface area (Å²) in [5.41, 5.74) is 2.76. The Morgan fingerprint density at radius 1 is 1.17 bits per heavy atom. The van der Waals surface area contributed by atoms with Gasteiger partial charge in [-0.15, -0.1) is 10.2 Å². The van der Waals surface area contributed by atoms with E-state index in [2.05, 4.69) is 32.9 Å². The second-order valence-electron chi connectivity index (χ2n) is 6.94. The van der Waals surface area contributed by atoms with Gasteiger partial charge < -0.3 is 15.0 Å². The molecule has 1 aliphatic rings. The molecule has 1 fully saturated rings. The highest BCUT2D eigenvalue weighted by Gasteiger charge is 2.15. The molecule has 0 saturated carbocycles. The number of nitrogens with zero attached hydrogens (tertiary/aromatic N) is 4. The zero-order valence-electron chi connectivity index (χ0n) is 15.8. The molecule has 2 aromatic carbocycles. The standard InChI is InChI=1S/C20H21ClN6O2/c21-17-2-1-3-18(12-17)22-19(28)14-27-24-20(23-25-27)16-6-4-15(5-7-16)13-26-8-10-29-11-9-26/h1-7,12H,8-11,13-14H2,(H,22,28)/p+1. The van der Waals surface area contributed by atoms with Crippen molar-refractivity contribution >= 4 is 23.2 Å². The number of anilines is 1. The molecule has 0 bridgehead atoms. The monoisotopic (exact) mass is 413 g/mol. The third-order valence-electron chi connectivity index (χ3n) is 4.71. The average Bonchev–Trinajstić information content (AvgIpc) is 3.17. The molecule has 0 unspecified atom stereocenters. The number of hydrogen-bond donors (Lipinski definition) is 2. The van der Waals surface area contributed by atoms with Gasteiger partial charge in [-0.2, -0.15) is 4.80 Å². The van der Waals surface area contributed by atoms with Gasteiger partial charge in [0.15, 0.2) is 0 Å². The third kappa shape index (κ3) is 5.38. The number of rotatable bonds is 6. The quantitative estimate of drug-likeness (QED) is 0.630. The molecule has 8 nitrogen and oxygen atoms in total. The van der Waals surface area contributed by atoms with Gasteiger partial charge >= 0.3 is 0 Å². The van der Waals surface area contributed by atoms with Crippen LogP contribution in [0.1, 0.15) is 5.56 Å². The summed E-state index contributed by atoms with van der Waals surface area (Å²) < 4.78 is 5.40. The number of carbonyl (C=O) groups is 1. The van der Waals surface area contributed by atoms with Crippen molar-refractivity contribution in [3.8, 4) is 11.4 Å². The van der Waals surface area contributed by atoms with Crippen LogP contribution in [-0.4, -0.2) is 52.4 Å². The van der Waals surface area contributed by atoms with Gasteiger partial charge in [0, 0.05) is 21.8 Å². The number of carbonyl (C=O) groups excluding carboxylic acids is 1. The normalized spacial score (nSPS) is 14.7. The van der Waals surface area contributed by atoms with Crippen LogP contribution in [0.5, 0.6) is 0 Å². The van der Waals surface area contributed by atoms with Gasteiger partial charge in [-0.25, -0.2) is 0 Å². The number of tetrazole rings is 1. The Balaban J connectivity index is 1.35. The largest absolute Gasteiger partial charge is 0.370 e. The Morgan fingerprint density at radius 2 is 1.97 bits per heavy atom. The number of halogens is 1. The average molecular weight is 414 g/mol. The zero-order chi connectivity index (χ0) is 20.1. The van der Waals surface area contributed by atoms with Crippen LogP contribution >= 0.6 is 11.6 Å². The van der Waals surface area contributed by atoms with Crippen molar-refractivity contribution in [2.24, 2.45) is 0 Å². The Hall–Kier alpha value is -2.81. The van der Waals surface area contributed by atoms with Gasteiger partial charge in [-0.05, 0) is 23.4 Å². The lowest BCUT2D eigenvalue weighted by Gasteiger charge is -2.23. The lowest BCUT2D eigenvalue weighted by atomic mass is 10.1. The van der Waals surface area contributed by atoms with Gasteiger partial charge in [0.1, 0.15) is 26.2 Å². The summed E-state index contributed by atoms with van der Waals surface area (Å²) in [6, 6.07) is 15.1. The molecule has 0 aliphatic carbocycles. The summed E-state index contributed by atoms with van der Waals surface area (Å²) in [4.78, 5) is 15.0. The molecule has 2 N–H and O–H groups in total. The minimum atomic E-state index is -0.250. The number of quaternary nitrogens is 1. The van der Waals surface area contributed by atoms with Crippen molar-refractivity contribution < 1.29 is 14.4 Å². The minimum absolute atomic E-state index is 0.0298. The number of nitrogens with one attached hydrogen (secondary N) is 2. The van der Waals surface area contributed by atoms with E-state index >= 15 is 0 Å². The summed E-state index contributed by atoms with van der Waals surface area (Å²) in [6.07, 6.45) is 0. The molecule has 1 amide bonds. The van der Waals surface area contributed by atoms with Crippen molar-refractivity contribution in [1.29, 1.82) is 0 Å². The van der Waals surface area contributed by atoms with E-state index in [1.807, 2.05) is 12.1 Å².